The Bertz CT molecular complexity index is 507. The number of hydrogen-bond donors (Lipinski definition) is 2. The zero-order valence-electron chi connectivity index (χ0n) is 10.9. The van der Waals surface area contributed by atoms with Gasteiger partial charge in [-0.1, -0.05) is 24.3 Å². The molecule has 2 aromatic rings. The van der Waals surface area contributed by atoms with Crippen LogP contribution in [0.5, 0.6) is 5.75 Å². The lowest BCUT2D eigenvalue weighted by Gasteiger charge is -2.17. The quantitative estimate of drug-likeness (QED) is 0.865. The fourth-order valence-electron chi connectivity index (χ4n) is 2.21. The molecule has 3 heteroatoms. The summed E-state index contributed by atoms with van der Waals surface area (Å²) in [5, 5.41) is 12.5. The van der Waals surface area contributed by atoms with Crippen LogP contribution in [0, 0.1) is 5.82 Å². The maximum absolute atomic E-state index is 13.0. The summed E-state index contributed by atoms with van der Waals surface area (Å²) in [5.74, 6) is 0.349. The Morgan fingerprint density at radius 1 is 1.05 bits per heavy atom. The number of phenolic OH excluding ortho intramolecular Hbond substituents is 1. The molecule has 0 aromatic heterocycles. The van der Waals surface area contributed by atoms with Crippen LogP contribution in [0.4, 0.5) is 4.39 Å². The lowest BCUT2D eigenvalue weighted by atomic mass is 9.92. The summed E-state index contributed by atoms with van der Waals surface area (Å²) in [6, 6.07) is 13.9. The molecular weight excluding hydrogens is 241 g/mol. The summed E-state index contributed by atoms with van der Waals surface area (Å²) < 4.78 is 13.0. The molecule has 0 saturated carbocycles. The van der Waals surface area contributed by atoms with Crippen molar-refractivity contribution in [1.29, 1.82) is 0 Å². The molecule has 0 spiro atoms. The Morgan fingerprint density at radius 3 is 2.26 bits per heavy atom. The molecule has 19 heavy (non-hydrogen) atoms. The summed E-state index contributed by atoms with van der Waals surface area (Å²) in [6.07, 6.45) is 0.854. The van der Waals surface area contributed by atoms with Gasteiger partial charge in [0.1, 0.15) is 11.6 Å². The van der Waals surface area contributed by atoms with E-state index in [4.69, 9.17) is 0 Å². The number of rotatable bonds is 5. The molecule has 2 nitrogen and oxygen atoms in total. The van der Waals surface area contributed by atoms with E-state index in [2.05, 4.69) is 5.32 Å². The Morgan fingerprint density at radius 2 is 1.68 bits per heavy atom. The third-order valence-electron chi connectivity index (χ3n) is 3.21. The minimum atomic E-state index is -0.211. The molecule has 0 aliphatic carbocycles. The van der Waals surface area contributed by atoms with E-state index in [1.165, 1.54) is 12.1 Å². The molecule has 0 aliphatic heterocycles. The average molecular weight is 259 g/mol. The van der Waals surface area contributed by atoms with E-state index in [9.17, 15) is 9.50 Å². The second kappa shape index (κ2) is 6.34. The van der Waals surface area contributed by atoms with E-state index in [-0.39, 0.29) is 17.5 Å². The molecule has 2 N–H and O–H groups in total. The van der Waals surface area contributed by atoms with Gasteiger partial charge in [0, 0.05) is 12.5 Å². The number of nitrogens with one attached hydrogen (secondary N) is 1. The van der Waals surface area contributed by atoms with E-state index in [1.807, 2.05) is 31.3 Å². The molecule has 0 aliphatic rings. The normalized spacial score (nSPS) is 12.3. The first-order valence-electron chi connectivity index (χ1n) is 6.37. The van der Waals surface area contributed by atoms with Crippen molar-refractivity contribution in [3.05, 3.63) is 65.5 Å². The maximum atomic E-state index is 13.0. The average Bonchev–Trinajstić information content (AvgIpc) is 2.42. The molecular formula is C16H18FNO. The third kappa shape index (κ3) is 3.80. The van der Waals surface area contributed by atoms with E-state index >= 15 is 0 Å². The summed E-state index contributed by atoms with van der Waals surface area (Å²) >= 11 is 0. The fraction of sp³-hybridized carbons (Fsp3) is 0.250. The van der Waals surface area contributed by atoms with Gasteiger partial charge in [-0.05, 0) is 48.9 Å². The predicted octanol–water partition coefficient (Wildman–Crippen LogP) is 3.08. The Hall–Kier alpha value is -1.87. The first-order valence-corrected chi connectivity index (χ1v) is 6.37. The van der Waals surface area contributed by atoms with Crippen molar-refractivity contribution in [3.8, 4) is 5.75 Å². The van der Waals surface area contributed by atoms with Crippen molar-refractivity contribution in [2.75, 3.05) is 13.6 Å². The number of benzene rings is 2. The van der Waals surface area contributed by atoms with Crippen LogP contribution in [0.2, 0.25) is 0 Å². The second-order valence-electron chi connectivity index (χ2n) is 4.68. The highest BCUT2D eigenvalue weighted by atomic mass is 19.1. The summed E-state index contributed by atoms with van der Waals surface area (Å²) in [6.45, 7) is 0.826. The van der Waals surface area contributed by atoms with E-state index in [0.717, 1.165) is 24.1 Å². The summed E-state index contributed by atoms with van der Waals surface area (Å²) in [7, 11) is 1.91. The van der Waals surface area contributed by atoms with Crippen LogP contribution in [-0.2, 0) is 6.42 Å². The van der Waals surface area contributed by atoms with Gasteiger partial charge in [-0.3, -0.25) is 0 Å². The van der Waals surface area contributed by atoms with Crippen LogP contribution in [0.3, 0.4) is 0 Å². The Labute approximate surface area is 112 Å². The van der Waals surface area contributed by atoms with Gasteiger partial charge in [0.2, 0.25) is 0 Å². The van der Waals surface area contributed by atoms with Crippen LogP contribution >= 0.6 is 0 Å². The summed E-state index contributed by atoms with van der Waals surface area (Å²) in [5.41, 5.74) is 2.27. The lowest BCUT2D eigenvalue weighted by Crippen LogP contribution is -2.19. The predicted molar refractivity (Wildman–Crippen MR) is 74.9 cm³/mol. The van der Waals surface area contributed by atoms with Crippen molar-refractivity contribution in [2.45, 2.75) is 12.3 Å². The van der Waals surface area contributed by atoms with Crippen LogP contribution in [-0.4, -0.2) is 18.7 Å². The topological polar surface area (TPSA) is 32.3 Å². The number of phenols is 1. The molecule has 0 heterocycles. The molecule has 0 saturated heterocycles. The largest absolute Gasteiger partial charge is 0.508 e. The van der Waals surface area contributed by atoms with Gasteiger partial charge >= 0.3 is 0 Å². The fourth-order valence-corrected chi connectivity index (χ4v) is 2.21. The van der Waals surface area contributed by atoms with Crippen molar-refractivity contribution in [2.24, 2.45) is 0 Å². The zero-order chi connectivity index (χ0) is 13.7. The van der Waals surface area contributed by atoms with Gasteiger partial charge in [-0.25, -0.2) is 4.39 Å². The molecule has 0 radical (unpaired) electrons. The highest BCUT2D eigenvalue weighted by Gasteiger charge is 2.11. The van der Waals surface area contributed by atoms with Gasteiger partial charge in [0.25, 0.3) is 0 Å². The highest BCUT2D eigenvalue weighted by Crippen LogP contribution is 2.22. The van der Waals surface area contributed by atoms with E-state index in [0.29, 0.717) is 0 Å². The van der Waals surface area contributed by atoms with Gasteiger partial charge in [0.05, 0.1) is 0 Å². The maximum Gasteiger partial charge on any atom is 0.123 e. The van der Waals surface area contributed by atoms with Gasteiger partial charge in [-0.15, -0.1) is 0 Å². The molecule has 1 atom stereocenters. The van der Waals surface area contributed by atoms with Gasteiger partial charge in [-0.2, -0.15) is 0 Å². The minimum absolute atomic E-state index is 0.211. The molecule has 0 amide bonds. The van der Waals surface area contributed by atoms with Crippen LogP contribution < -0.4 is 5.32 Å². The van der Waals surface area contributed by atoms with Gasteiger partial charge in [0.15, 0.2) is 0 Å². The number of hydrogen-bond acceptors (Lipinski definition) is 2. The van der Waals surface area contributed by atoms with Crippen LogP contribution in [0.25, 0.3) is 0 Å². The minimum Gasteiger partial charge on any atom is -0.508 e. The molecule has 100 valence electrons. The Kier molecular flexibility index (Phi) is 4.53. The standard InChI is InChI=1S/C16H18FNO/c1-18-11-14(13-4-6-15(17)7-5-13)10-12-2-8-16(19)9-3-12/h2-9,14,18-19H,10-11H2,1H3. The van der Waals surface area contributed by atoms with Crippen molar-refractivity contribution >= 4 is 0 Å². The molecule has 0 bridgehead atoms. The molecule has 2 rings (SSSR count). The first-order chi connectivity index (χ1) is 9.19. The SMILES string of the molecule is CNCC(Cc1ccc(O)cc1)c1ccc(F)cc1. The summed E-state index contributed by atoms with van der Waals surface area (Å²) in [4.78, 5) is 0. The monoisotopic (exact) mass is 259 g/mol. The van der Waals surface area contributed by atoms with Gasteiger partial charge < -0.3 is 10.4 Å². The van der Waals surface area contributed by atoms with E-state index < -0.39 is 0 Å². The van der Waals surface area contributed by atoms with Crippen LogP contribution in [0.1, 0.15) is 17.0 Å². The second-order valence-corrected chi connectivity index (χ2v) is 4.68. The van der Waals surface area contributed by atoms with Crippen LogP contribution in [0.15, 0.2) is 48.5 Å². The molecule has 1 unspecified atom stereocenters. The number of likely N-dealkylation sites (N-methyl/N-ethyl adjacent to an activating group) is 1. The first kappa shape index (κ1) is 13.6. The molecule has 2 aromatic carbocycles. The van der Waals surface area contributed by atoms with Crippen molar-refractivity contribution < 1.29 is 9.50 Å². The third-order valence-corrected chi connectivity index (χ3v) is 3.21. The lowest BCUT2D eigenvalue weighted by molar-refractivity contribution is 0.475. The highest BCUT2D eigenvalue weighted by molar-refractivity contribution is 5.29. The number of aromatic hydroxyl groups is 1. The zero-order valence-corrected chi connectivity index (χ0v) is 10.9. The Balaban J connectivity index is 2.15. The number of halogens is 1. The molecule has 0 fully saturated rings. The smallest absolute Gasteiger partial charge is 0.123 e. The van der Waals surface area contributed by atoms with E-state index in [1.54, 1.807) is 12.1 Å². The van der Waals surface area contributed by atoms with Crippen molar-refractivity contribution in [3.63, 3.8) is 0 Å². The van der Waals surface area contributed by atoms with Crippen molar-refractivity contribution in [1.82, 2.24) is 5.32 Å².